The van der Waals surface area contributed by atoms with Gasteiger partial charge < -0.3 is 0 Å². The number of hydrogen-bond acceptors (Lipinski definition) is 8. The van der Waals surface area contributed by atoms with E-state index in [1.807, 2.05) is 0 Å². The van der Waals surface area contributed by atoms with E-state index in [2.05, 4.69) is 19.9 Å². The van der Waals surface area contributed by atoms with Gasteiger partial charge in [-0.15, -0.1) is 0 Å². The van der Waals surface area contributed by atoms with Crippen LogP contribution in [0.25, 0.3) is 11.1 Å². The highest BCUT2D eigenvalue weighted by Crippen LogP contribution is 2.34. The first kappa shape index (κ1) is 32.8. The largest absolute Gasteiger partial charge is 0.451 e. The van der Waals surface area contributed by atoms with Gasteiger partial charge in [-0.05, 0) is 24.3 Å². The molecule has 3 rings (SSSR count). The Labute approximate surface area is 234 Å². The monoisotopic (exact) mass is 632 g/mol. The zero-order valence-corrected chi connectivity index (χ0v) is 20.4. The molecule has 0 amide bonds. The lowest BCUT2D eigenvalue weighted by molar-refractivity contribution is -0.154. The lowest BCUT2D eigenvalue weighted by atomic mass is 9.97. The standard InChI is InChI=1S/C24H4F12N8/c25-21(26,27)17-3-15(41-19(43-17)23(31,32)33)13(7-39)11-1-9(5-37)12(2-10(11)6-38)14(8-40)16-4-18(22(28,29)30)44-20(42-16)24(34,35)36/h1-4H/b13-11-,14-12+. The zero-order valence-electron chi connectivity index (χ0n) is 20.4. The smallest absolute Gasteiger partial charge is 0.224 e. The van der Waals surface area contributed by atoms with E-state index in [1.54, 1.807) is 0 Å². The van der Waals surface area contributed by atoms with Crippen molar-refractivity contribution in [3.8, 4) is 24.3 Å². The number of nitrogens with zero attached hydrogens (tertiary/aromatic N) is 8. The predicted octanol–water partition coefficient (Wildman–Crippen LogP) is 4.53. The van der Waals surface area contributed by atoms with E-state index >= 15 is 0 Å². The third-order valence-corrected chi connectivity index (χ3v) is 5.21. The van der Waals surface area contributed by atoms with Crippen LogP contribution in [0.5, 0.6) is 0 Å². The Morgan fingerprint density at radius 1 is 0.477 bits per heavy atom. The molecule has 0 saturated carbocycles. The molecule has 20 heteroatoms. The van der Waals surface area contributed by atoms with Crippen LogP contribution in [-0.2, 0) is 24.7 Å². The van der Waals surface area contributed by atoms with Crippen LogP contribution < -0.4 is 10.4 Å². The summed E-state index contributed by atoms with van der Waals surface area (Å²) in [5, 5.41) is 36.9. The van der Waals surface area contributed by atoms with Crippen LogP contribution >= 0.6 is 0 Å². The number of rotatable bonds is 2. The molecule has 224 valence electrons. The molecule has 0 fully saturated rings. The first-order valence-electron chi connectivity index (χ1n) is 10.8. The lowest BCUT2D eigenvalue weighted by Gasteiger charge is -2.12. The lowest BCUT2D eigenvalue weighted by Crippen LogP contribution is -2.24. The van der Waals surface area contributed by atoms with Crippen LogP contribution in [0.15, 0.2) is 24.3 Å². The van der Waals surface area contributed by atoms with E-state index < -0.39 is 91.8 Å². The Kier molecular flexibility index (Phi) is 8.30. The van der Waals surface area contributed by atoms with Gasteiger partial charge in [0.25, 0.3) is 0 Å². The Bertz CT molecular complexity index is 1750. The second-order valence-electron chi connectivity index (χ2n) is 8.06. The second-order valence-corrected chi connectivity index (χ2v) is 8.06. The average Bonchev–Trinajstić information content (AvgIpc) is 2.92. The molecule has 0 radical (unpaired) electrons. The Morgan fingerprint density at radius 3 is 1.02 bits per heavy atom. The maximum Gasteiger partial charge on any atom is 0.451 e. The SMILES string of the molecule is N#C/C(c1cc(C(F)(F)F)nc(C(F)(F)F)n1)=c1/cc(C#N)/c(=C(/C#N)c2cc(C(F)(F)F)nc(C(F)(F)F)n2)cc1C#N. The molecule has 0 aliphatic rings. The van der Waals surface area contributed by atoms with Crippen molar-refractivity contribution in [2.24, 2.45) is 0 Å². The number of alkyl halides is 12. The van der Waals surface area contributed by atoms with E-state index in [0.717, 1.165) is 0 Å². The Hall–Kier alpha value is -5.76. The summed E-state index contributed by atoms with van der Waals surface area (Å²) in [4.78, 5) is 10.6. The molecule has 2 aromatic heterocycles. The first-order valence-corrected chi connectivity index (χ1v) is 10.8. The summed E-state index contributed by atoms with van der Waals surface area (Å²) in [6, 6.07) is 6.09. The van der Waals surface area contributed by atoms with Crippen LogP contribution in [0.2, 0.25) is 0 Å². The third kappa shape index (κ3) is 6.65. The van der Waals surface area contributed by atoms with Gasteiger partial charge in [0.1, 0.15) is 23.5 Å². The van der Waals surface area contributed by atoms with Crippen molar-refractivity contribution in [2.45, 2.75) is 24.7 Å². The summed E-state index contributed by atoms with van der Waals surface area (Å²) in [5.74, 6) is -4.67. The molecule has 44 heavy (non-hydrogen) atoms. The van der Waals surface area contributed by atoms with Gasteiger partial charge in [-0.2, -0.15) is 73.7 Å². The van der Waals surface area contributed by atoms with Crippen molar-refractivity contribution in [1.82, 2.24) is 19.9 Å². The number of halogens is 12. The molecule has 8 nitrogen and oxygen atoms in total. The van der Waals surface area contributed by atoms with Gasteiger partial charge in [-0.25, -0.2) is 19.9 Å². The van der Waals surface area contributed by atoms with E-state index in [0.29, 0.717) is 12.1 Å². The number of hydrogen-bond donors (Lipinski definition) is 0. The molecule has 0 unspecified atom stereocenters. The molecular formula is C24H4F12N8. The summed E-state index contributed by atoms with van der Waals surface area (Å²) < 4.78 is 159. The molecule has 0 saturated heterocycles. The zero-order chi connectivity index (χ0) is 33.4. The molecule has 0 bridgehead atoms. The summed E-state index contributed by atoms with van der Waals surface area (Å²) in [6.07, 6.45) is -22.1. The summed E-state index contributed by atoms with van der Waals surface area (Å²) in [7, 11) is 0. The van der Waals surface area contributed by atoms with Gasteiger partial charge in [0.05, 0.1) is 45.8 Å². The topological polar surface area (TPSA) is 147 Å². The van der Waals surface area contributed by atoms with Gasteiger partial charge in [0.2, 0.25) is 11.6 Å². The average molecular weight is 632 g/mol. The van der Waals surface area contributed by atoms with Crippen molar-refractivity contribution in [3.05, 3.63) is 80.3 Å². The van der Waals surface area contributed by atoms with Gasteiger partial charge in [-0.3, -0.25) is 0 Å². The molecular weight excluding hydrogens is 628 g/mol. The molecule has 0 aliphatic carbocycles. The fourth-order valence-electron chi connectivity index (χ4n) is 3.40. The molecule has 1 aromatic carbocycles. The van der Waals surface area contributed by atoms with E-state index in [-0.39, 0.29) is 12.1 Å². The fraction of sp³-hybridized carbons (Fsp3) is 0.167. The second kappa shape index (κ2) is 11.1. The summed E-state index contributed by atoms with van der Waals surface area (Å²) in [6.45, 7) is 0. The Balaban J connectivity index is 2.55. The van der Waals surface area contributed by atoms with Gasteiger partial charge in [-0.1, -0.05) is 0 Å². The normalized spacial score (nSPS) is 13.6. The first-order chi connectivity index (χ1) is 20.1. The highest BCUT2D eigenvalue weighted by atomic mass is 19.4. The van der Waals surface area contributed by atoms with Gasteiger partial charge >= 0.3 is 24.7 Å². The Morgan fingerprint density at radius 2 is 0.795 bits per heavy atom. The maximum atomic E-state index is 13.3. The summed E-state index contributed by atoms with van der Waals surface area (Å²) >= 11 is 0. The van der Waals surface area contributed by atoms with Crippen molar-refractivity contribution >= 4 is 11.1 Å². The molecule has 0 atom stereocenters. The van der Waals surface area contributed by atoms with Gasteiger partial charge in [0.15, 0.2) is 0 Å². The van der Waals surface area contributed by atoms with Crippen LogP contribution in [0.1, 0.15) is 45.6 Å². The van der Waals surface area contributed by atoms with Crippen molar-refractivity contribution < 1.29 is 52.7 Å². The number of nitriles is 4. The van der Waals surface area contributed by atoms with E-state index in [9.17, 15) is 73.7 Å². The third-order valence-electron chi connectivity index (χ3n) is 5.21. The van der Waals surface area contributed by atoms with Gasteiger partial charge in [0, 0.05) is 10.4 Å². The van der Waals surface area contributed by atoms with Crippen molar-refractivity contribution in [3.63, 3.8) is 0 Å². The quantitative estimate of drug-likeness (QED) is 0.375. The van der Waals surface area contributed by atoms with Crippen LogP contribution in [0, 0.1) is 45.3 Å². The van der Waals surface area contributed by atoms with Crippen LogP contribution in [0.4, 0.5) is 52.7 Å². The minimum atomic E-state index is -5.56. The minimum absolute atomic E-state index is 0.0695. The molecule has 0 N–H and O–H groups in total. The predicted molar refractivity (Wildman–Crippen MR) is 115 cm³/mol. The van der Waals surface area contributed by atoms with Crippen LogP contribution in [-0.4, -0.2) is 19.9 Å². The number of aromatic nitrogens is 4. The highest BCUT2D eigenvalue weighted by Gasteiger charge is 2.42. The number of benzene rings is 1. The van der Waals surface area contributed by atoms with E-state index in [1.165, 1.54) is 24.3 Å². The molecule has 3 aromatic rings. The fourth-order valence-corrected chi connectivity index (χ4v) is 3.40. The molecule has 0 spiro atoms. The van der Waals surface area contributed by atoms with E-state index in [4.69, 9.17) is 0 Å². The van der Waals surface area contributed by atoms with Crippen LogP contribution in [0.3, 0.4) is 0 Å². The summed E-state index contributed by atoms with van der Waals surface area (Å²) in [5.41, 5.74) is -11.0. The highest BCUT2D eigenvalue weighted by molar-refractivity contribution is 5.79. The van der Waals surface area contributed by atoms with Crippen molar-refractivity contribution in [2.75, 3.05) is 0 Å². The van der Waals surface area contributed by atoms with Crippen molar-refractivity contribution in [1.29, 1.82) is 21.0 Å². The minimum Gasteiger partial charge on any atom is -0.224 e. The maximum absolute atomic E-state index is 13.3. The molecule has 2 heterocycles. The molecule has 0 aliphatic heterocycles.